The van der Waals surface area contributed by atoms with Crippen LogP contribution in [0.1, 0.15) is 23.1 Å². The average Bonchev–Trinajstić information content (AvgIpc) is 3.35. The van der Waals surface area contributed by atoms with Gasteiger partial charge in [0.2, 0.25) is 0 Å². The van der Waals surface area contributed by atoms with Crippen LogP contribution in [0.25, 0.3) is 17.0 Å². The molecule has 5 nitrogen and oxygen atoms in total. The number of aromatic nitrogens is 1. The van der Waals surface area contributed by atoms with Gasteiger partial charge in [-0.2, -0.15) is 0 Å². The maximum absolute atomic E-state index is 13.1. The van der Waals surface area contributed by atoms with Crippen LogP contribution in [0.5, 0.6) is 5.75 Å². The van der Waals surface area contributed by atoms with Gasteiger partial charge >= 0.3 is 0 Å². The van der Waals surface area contributed by atoms with E-state index in [1.807, 2.05) is 67.6 Å². The number of fused-ring (bicyclic) bond motifs is 1. The van der Waals surface area contributed by atoms with Gasteiger partial charge in [-0.15, -0.1) is 0 Å². The molecule has 1 aliphatic rings. The molecule has 1 aromatic heterocycles. The van der Waals surface area contributed by atoms with Gasteiger partial charge in [-0.25, -0.2) is 4.90 Å². The summed E-state index contributed by atoms with van der Waals surface area (Å²) in [6.07, 6.45) is 4.73. The van der Waals surface area contributed by atoms with Crippen molar-refractivity contribution in [2.45, 2.75) is 26.8 Å². The third-order valence-corrected chi connectivity index (χ3v) is 6.89. The summed E-state index contributed by atoms with van der Waals surface area (Å²) in [5, 5.41) is 0.774. The minimum atomic E-state index is -0.285. The molecule has 0 N–H and O–H groups in total. The van der Waals surface area contributed by atoms with Gasteiger partial charge in [-0.1, -0.05) is 53.6 Å². The summed E-state index contributed by atoms with van der Waals surface area (Å²) >= 11 is 0.983. The highest BCUT2D eigenvalue weighted by molar-refractivity contribution is 8.19. The third kappa shape index (κ3) is 4.88. The number of carbonyl (C=O) groups excluding carboxylic acids is 2. The second-order valence-corrected chi connectivity index (χ2v) is 9.66. The van der Waals surface area contributed by atoms with Crippen molar-refractivity contribution in [1.82, 2.24) is 4.57 Å². The van der Waals surface area contributed by atoms with Gasteiger partial charge in [-0.3, -0.25) is 9.59 Å². The minimum absolute atomic E-state index is 0.276. The minimum Gasteiger partial charge on any atom is -0.494 e. The van der Waals surface area contributed by atoms with E-state index in [0.717, 1.165) is 52.5 Å². The topological polar surface area (TPSA) is 51.5 Å². The van der Waals surface area contributed by atoms with Crippen LogP contribution in [0, 0.1) is 13.8 Å². The Balaban J connectivity index is 1.34. The molecular weight excluding hydrogens is 456 g/mol. The zero-order chi connectivity index (χ0) is 24.4. The van der Waals surface area contributed by atoms with Crippen LogP contribution in [0.3, 0.4) is 0 Å². The first kappa shape index (κ1) is 23.0. The fraction of sp³-hybridized carbons (Fsp3) is 0.172. The number of para-hydroxylation sites is 1. The Labute approximate surface area is 209 Å². The number of amides is 2. The van der Waals surface area contributed by atoms with Crippen molar-refractivity contribution in [2.75, 3.05) is 11.5 Å². The van der Waals surface area contributed by atoms with Crippen molar-refractivity contribution in [3.8, 4) is 5.75 Å². The van der Waals surface area contributed by atoms with E-state index in [4.69, 9.17) is 4.74 Å². The Bertz CT molecular complexity index is 1420. The molecule has 6 heteroatoms. The monoisotopic (exact) mass is 482 g/mol. The van der Waals surface area contributed by atoms with Crippen LogP contribution < -0.4 is 9.64 Å². The number of hydrogen-bond acceptors (Lipinski definition) is 4. The molecule has 1 fully saturated rings. The standard InChI is InChI=1S/C29H26N2O3S/c1-20-8-12-23(13-9-20)31-28(32)27(35-29(31)33)18-22-19-30(26-7-4-3-6-25(22)26)16-5-17-34-24-14-10-21(2)11-15-24/h3-4,6-15,18-19H,5,16-17H2,1-2H3/b27-18-. The summed E-state index contributed by atoms with van der Waals surface area (Å²) in [7, 11) is 0. The molecule has 0 unspecified atom stereocenters. The van der Waals surface area contributed by atoms with Crippen molar-refractivity contribution in [3.63, 3.8) is 0 Å². The van der Waals surface area contributed by atoms with E-state index in [1.165, 1.54) is 10.5 Å². The number of thioether (sulfide) groups is 1. The van der Waals surface area contributed by atoms with Crippen LogP contribution in [-0.2, 0) is 11.3 Å². The van der Waals surface area contributed by atoms with E-state index in [1.54, 1.807) is 12.1 Å². The lowest BCUT2D eigenvalue weighted by molar-refractivity contribution is -0.113. The Morgan fingerprint density at radius 2 is 1.57 bits per heavy atom. The molecular formula is C29H26N2O3S. The molecule has 2 heterocycles. The summed E-state index contributed by atoms with van der Waals surface area (Å²) in [5.74, 6) is 0.588. The zero-order valence-corrected chi connectivity index (χ0v) is 20.5. The van der Waals surface area contributed by atoms with E-state index in [9.17, 15) is 9.59 Å². The normalized spacial score (nSPS) is 14.9. The smallest absolute Gasteiger partial charge is 0.298 e. The molecule has 2 amide bonds. The van der Waals surface area contributed by atoms with Crippen molar-refractivity contribution in [2.24, 2.45) is 0 Å². The predicted molar refractivity (Wildman–Crippen MR) is 143 cm³/mol. The summed E-state index contributed by atoms with van der Waals surface area (Å²) < 4.78 is 8.06. The molecule has 176 valence electrons. The second-order valence-electron chi connectivity index (χ2n) is 8.66. The van der Waals surface area contributed by atoms with Crippen LogP contribution in [0.15, 0.2) is 83.9 Å². The fourth-order valence-electron chi connectivity index (χ4n) is 4.16. The Hall–Kier alpha value is -3.77. The van der Waals surface area contributed by atoms with Gasteiger partial charge in [0.1, 0.15) is 5.75 Å². The Morgan fingerprint density at radius 1 is 0.886 bits per heavy atom. The molecule has 0 bridgehead atoms. The number of rotatable bonds is 7. The lowest BCUT2D eigenvalue weighted by Crippen LogP contribution is -2.27. The summed E-state index contributed by atoms with van der Waals surface area (Å²) in [4.78, 5) is 27.4. The highest BCUT2D eigenvalue weighted by Crippen LogP contribution is 2.37. The van der Waals surface area contributed by atoms with Crippen LogP contribution in [0.2, 0.25) is 0 Å². The first-order chi connectivity index (χ1) is 17.0. The SMILES string of the molecule is Cc1ccc(OCCCn2cc(/C=C3\SC(=O)N(c4ccc(C)cc4)C3=O)c3ccccc32)cc1. The molecule has 4 aromatic rings. The van der Waals surface area contributed by atoms with E-state index in [2.05, 4.69) is 23.8 Å². The predicted octanol–water partition coefficient (Wildman–Crippen LogP) is 6.97. The third-order valence-electron chi connectivity index (χ3n) is 6.02. The quantitative estimate of drug-likeness (QED) is 0.211. The summed E-state index contributed by atoms with van der Waals surface area (Å²) in [6, 6.07) is 23.6. The van der Waals surface area contributed by atoms with Crippen molar-refractivity contribution >= 4 is 45.6 Å². The number of imide groups is 1. The van der Waals surface area contributed by atoms with Gasteiger partial charge in [0.25, 0.3) is 11.1 Å². The molecule has 1 saturated heterocycles. The lowest BCUT2D eigenvalue weighted by atomic mass is 10.1. The largest absolute Gasteiger partial charge is 0.494 e. The van der Waals surface area contributed by atoms with Crippen molar-refractivity contribution in [3.05, 3.63) is 101 Å². The maximum atomic E-state index is 13.1. The van der Waals surface area contributed by atoms with Gasteiger partial charge in [0.05, 0.1) is 17.2 Å². The number of ether oxygens (including phenoxy) is 1. The molecule has 0 radical (unpaired) electrons. The first-order valence-electron chi connectivity index (χ1n) is 11.6. The van der Waals surface area contributed by atoms with Gasteiger partial charge in [-0.05, 0) is 68.4 Å². The fourth-order valence-corrected chi connectivity index (χ4v) is 4.99. The van der Waals surface area contributed by atoms with Crippen LogP contribution >= 0.6 is 11.8 Å². The number of benzene rings is 3. The zero-order valence-electron chi connectivity index (χ0n) is 19.7. The average molecular weight is 483 g/mol. The van der Waals surface area contributed by atoms with Gasteiger partial charge in [0.15, 0.2) is 0 Å². The Kier molecular flexibility index (Phi) is 6.47. The molecule has 0 aliphatic carbocycles. The second kappa shape index (κ2) is 9.84. The number of nitrogens with zero attached hydrogens (tertiary/aromatic N) is 2. The van der Waals surface area contributed by atoms with Crippen molar-refractivity contribution in [1.29, 1.82) is 0 Å². The van der Waals surface area contributed by atoms with Crippen molar-refractivity contribution < 1.29 is 14.3 Å². The van der Waals surface area contributed by atoms with E-state index >= 15 is 0 Å². The van der Waals surface area contributed by atoms with E-state index in [0.29, 0.717) is 17.2 Å². The number of hydrogen-bond donors (Lipinski definition) is 0. The molecule has 3 aromatic carbocycles. The lowest BCUT2D eigenvalue weighted by Gasteiger charge is -2.12. The number of carbonyl (C=O) groups is 2. The number of aryl methyl sites for hydroxylation is 3. The highest BCUT2D eigenvalue weighted by atomic mass is 32.2. The summed E-state index contributed by atoms with van der Waals surface area (Å²) in [6.45, 7) is 5.43. The molecule has 1 aliphatic heterocycles. The number of anilines is 1. The highest BCUT2D eigenvalue weighted by Gasteiger charge is 2.36. The first-order valence-corrected chi connectivity index (χ1v) is 12.4. The van der Waals surface area contributed by atoms with E-state index in [-0.39, 0.29) is 11.1 Å². The van der Waals surface area contributed by atoms with Crippen LogP contribution in [-0.4, -0.2) is 22.3 Å². The Morgan fingerprint density at radius 3 is 2.31 bits per heavy atom. The molecule has 0 saturated carbocycles. The molecule has 0 spiro atoms. The molecule has 5 rings (SSSR count). The maximum Gasteiger partial charge on any atom is 0.298 e. The molecule has 35 heavy (non-hydrogen) atoms. The molecule has 0 atom stereocenters. The van der Waals surface area contributed by atoms with Crippen LogP contribution in [0.4, 0.5) is 10.5 Å². The van der Waals surface area contributed by atoms with Gasteiger partial charge in [0, 0.05) is 29.2 Å². The van der Waals surface area contributed by atoms with Gasteiger partial charge < -0.3 is 9.30 Å². The summed E-state index contributed by atoms with van der Waals surface area (Å²) in [5.41, 5.74) is 4.90. The van der Waals surface area contributed by atoms with E-state index < -0.39 is 0 Å².